The van der Waals surface area contributed by atoms with Gasteiger partial charge in [-0.25, -0.2) is 9.78 Å². The summed E-state index contributed by atoms with van der Waals surface area (Å²) in [6, 6.07) is 2.94. The fourth-order valence-corrected chi connectivity index (χ4v) is 2.80. The highest BCUT2D eigenvalue weighted by Gasteiger charge is 2.25. The molecule has 0 aliphatic carbocycles. The largest absolute Gasteiger partial charge is 0.486 e. The van der Waals surface area contributed by atoms with Gasteiger partial charge in [-0.3, -0.25) is 0 Å². The summed E-state index contributed by atoms with van der Waals surface area (Å²) in [5.74, 6) is 1.06. The zero-order valence-electron chi connectivity index (χ0n) is 12.4. The number of carbonyl (C=O) groups is 1. The van der Waals surface area contributed by atoms with Crippen LogP contribution in [0.15, 0.2) is 12.1 Å². The van der Waals surface area contributed by atoms with Crippen LogP contribution in [0.4, 0.5) is 0 Å². The third-order valence-electron chi connectivity index (χ3n) is 3.78. The number of carboxylic acid groups (broad SMARTS) is 1. The molecule has 7 nitrogen and oxygen atoms in total. The van der Waals surface area contributed by atoms with Crippen LogP contribution in [0.5, 0.6) is 11.5 Å². The number of fused-ring (bicyclic) bond motifs is 2. The van der Waals surface area contributed by atoms with E-state index in [1.165, 1.54) is 0 Å². The summed E-state index contributed by atoms with van der Waals surface area (Å²) in [5, 5.41) is 9.50. The van der Waals surface area contributed by atoms with Crippen LogP contribution in [0.25, 0.3) is 11.0 Å². The molecule has 3 rings (SSSR count). The third kappa shape index (κ3) is 2.37. The SMILES string of the molecule is CCC(C(=O)O)n1c(CCN)nc2cc3c(cc21)OCCO3. The molecular weight excluding hydrogens is 286 g/mol. The molecule has 0 spiro atoms. The van der Waals surface area contributed by atoms with Crippen molar-refractivity contribution in [3.8, 4) is 11.5 Å². The van der Waals surface area contributed by atoms with Crippen LogP contribution in [0, 0.1) is 0 Å². The van der Waals surface area contributed by atoms with Gasteiger partial charge in [0.25, 0.3) is 0 Å². The Morgan fingerprint density at radius 3 is 2.68 bits per heavy atom. The van der Waals surface area contributed by atoms with E-state index in [9.17, 15) is 9.90 Å². The molecule has 3 N–H and O–H groups in total. The normalized spacial score (nSPS) is 15.0. The van der Waals surface area contributed by atoms with Crippen LogP contribution in [0.1, 0.15) is 25.2 Å². The number of imidazole rings is 1. The van der Waals surface area contributed by atoms with Gasteiger partial charge in [-0.2, -0.15) is 0 Å². The minimum absolute atomic E-state index is 0.409. The van der Waals surface area contributed by atoms with E-state index in [4.69, 9.17) is 15.2 Å². The molecule has 1 aromatic heterocycles. The Bertz CT molecular complexity index is 710. The summed E-state index contributed by atoms with van der Waals surface area (Å²) in [6.07, 6.45) is 0.984. The summed E-state index contributed by atoms with van der Waals surface area (Å²) in [6.45, 7) is 3.24. The van der Waals surface area contributed by atoms with Gasteiger partial charge in [-0.05, 0) is 13.0 Å². The number of ether oxygens (including phenoxy) is 2. The molecule has 0 radical (unpaired) electrons. The van der Waals surface area contributed by atoms with E-state index in [1.807, 2.05) is 13.0 Å². The second-order valence-electron chi connectivity index (χ2n) is 5.18. The minimum atomic E-state index is -0.880. The zero-order chi connectivity index (χ0) is 15.7. The van der Waals surface area contributed by atoms with E-state index in [0.29, 0.717) is 55.4 Å². The Morgan fingerprint density at radius 2 is 2.09 bits per heavy atom. The molecule has 2 heterocycles. The Morgan fingerprint density at radius 1 is 1.41 bits per heavy atom. The average molecular weight is 305 g/mol. The quantitative estimate of drug-likeness (QED) is 0.865. The molecule has 0 amide bonds. The Kier molecular flexibility index (Phi) is 3.89. The van der Waals surface area contributed by atoms with Gasteiger partial charge >= 0.3 is 5.97 Å². The van der Waals surface area contributed by atoms with Crippen molar-refractivity contribution >= 4 is 17.0 Å². The smallest absolute Gasteiger partial charge is 0.326 e. The molecule has 1 aliphatic heterocycles. The van der Waals surface area contributed by atoms with E-state index in [0.717, 1.165) is 5.52 Å². The highest BCUT2D eigenvalue weighted by molar-refractivity contribution is 5.83. The Hall–Kier alpha value is -2.28. The maximum Gasteiger partial charge on any atom is 0.326 e. The molecule has 7 heteroatoms. The van der Waals surface area contributed by atoms with Gasteiger partial charge in [0.1, 0.15) is 25.1 Å². The first kappa shape index (κ1) is 14.6. The molecular formula is C15H19N3O4. The molecule has 2 aromatic rings. The van der Waals surface area contributed by atoms with Crippen LogP contribution >= 0.6 is 0 Å². The molecule has 1 aliphatic rings. The molecule has 0 saturated heterocycles. The topological polar surface area (TPSA) is 99.6 Å². The predicted molar refractivity (Wildman–Crippen MR) is 80.4 cm³/mol. The number of aliphatic carboxylic acids is 1. The molecule has 1 aromatic carbocycles. The van der Waals surface area contributed by atoms with Gasteiger partial charge in [-0.15, -0.1) is 0 Å². The Balaban J connectivity index is 2.21. The van der Waals surface area contributed by atoms with Gasteiger partial charge in [0.05, 0.1) is 11.0 Å². The van der Waals surface area contributed by atoms with Crippen molar-refractivity contribution in [3.05, 3.63) is 18.0 Å². The first-order valence-electron chi connectivity index (χ1n) is 7.39. The molecule has 22 heavy (non-hydrogen) atoms. The van der Waals surface area contributed by atoms with Crippen LogP contribution in [-0.4, -0.2) is 40.4 Å². The first-order chi connectivity index (χ1) is 10.7. The fourth-order valence-electron chi connectivity index (χ4n) is 2.80. The van der Waals surface area contributed by atoms with Crippen molar-refractivity contribution in [3.63, 3.8) is 0 Å². The van der Waals surface area contributed by atoms with Crippen molar-refractivity contribution in [1.29, 1.82) is 0 Å². The number of nitrogens with zero attached hydrogens (tertiary/aromatic N) is 2. The number of nitrogens with two attached hydrogens (primary N) is 1. The van der Waals surface area contributed by atoms with Crippen molar-refractivity contribution < 1.29 is 19.4 Å². The lowest BCUT2D eigenvalue weighted by molar-refractivity contribution is -0.140. The van der Waals surface area contributed by atoms with Gasteiger partial charge in [0.2, 0.25) is 0 Å². The van der Waals surface area contributed by atoms with E-state index in [1.54, 1.807) is 10.6 Å². The Labute approximate surface area is 127 Å². The van der Waals surface area contributed by atoms with Crippen molar-refractivity contribution in [1.82, 2.24) is 9.55 Å². The van der Waals surface area contributed by atoms with E-state index in [2.05, 4.69) is 4.98 Å². The summed E-state index contributed by atoms with van der Waals surface area (Å²) in [7, 11) is 0. The van der Waals surface area contributed by atoms with Crippen molar-refractivity contribution in [2.24, 2.45) is 5.73 Å². The molecule has 0 fully saturated rings. The molecule has 0 bridgehead atoms. The maximum absolute atomic E-state index is 11.6. The van der Waals surface area contributed by atoms with Gasteiger partial charge in [-0.1, -0.05) is 6.92 Å². The molecule has 1 unspecified atom stereocenters. The maximum atomic E-state index is 11.6. The van der Waals surface area contributed by atoms with Crippen molar-refractivity contribution in [2.45, 2.75) is 25.8 Å². The average Bonchev–Trinajstić information content (AvgIpc) is 2.83. The molecule has 118 valence electrons. The third-order valence-corrected chi connectivity index (χ3v) is 3.78. The zero-order valence-corrected chi connectivity index (χ0v) is 12.4. The van der Waals surface area contributed by atoms with Gasteiger partial charge < -0.3 is 24.9 Å². The standard InChI is InChI=1S/C15H19N3O4/c1-2-10(15(19)20)18-11-8-13-12(21-5-6-22-13)7-9(11)17-14(18)3-4-16/h7-8,10H,2-6,16H2,1H3,(H,19,20). The monoisotopic (exact) mass is 305 g/mol. The summed E-state index contributed by atoms with van der Waals surface area (Å²) < 4.78 is 12.9. The first-order valence-corrected chi connectivity index (χ1v) is 7.39. The fraction of sp³-hybridized carbons (Fsp3) is 0.467. The lowest BCUT2D eigenvalue weighted by Gasteiger charge is -2.19. The molecule has 1 atom stereocenters. The minimum Gasteiger partial charge on any atom is -0.486 e. The highest BCUT2D eigenvalue weighted by atomic mass is 16.6. The lowest BCUT2D eigenvalue weighted by Crippen LogP contribution is -2.22. The van der Waals surface area contributed by atoms with Gasteiger partial charge in [0, 0.05) is 18.6 Å². The number of hydrogen-bond acceptors (Lipinski definition) is 5. The highest BCUT2D eigenvalue weighted by Crippen LogP contribution is 2.36. The number of carboxylic acids is 1. The summed E-state index contributed by atoms with van der Waals surface area (Å²) in [4.78, 5) is 16.1. The van der Waals surface area contributed by atoms with Crippen LogP contribution in [0.3, 0.4) is 0 Å². The van der Waals surface area contributed by atoms with Crippen LogP contribution in [0.2, 0.25) is 0 Å². The predicted octanol–water partition coefficient (Wildman–Crippen LogP) is 1.34. The van der Waals surface area contributed by atoms with Crippen LogP contribution < -0.4 is 15.2 Å². The van der Waals surface area contributed by atoms with E-state index < -0.39 is 12.0 Å². The second-order valence-corrected chi connectivity index (χ2v) is 5.18. The number of rotatable bonds is 5. The molecule has 0 saturated carbocycles. The summed E-state index contributed by atoms with van der Waals surface area (Å²) in [5.41, 5.74) is 7.08. The van der Waals surface area contributed by atoms with E-state index >= 15 is 0 Å². The number of benzene rings is 1. The second kappa shape index (κ2) is 5.84. The number of aromatic nitrogens is 2. The number of hydrogen-bond donors (Lipinski definition) is 2. The van der Waals surface area contributed by atoms with E-state index in [-0.39, 0.29) is 0 Å². The summed E-state index contributed by atoms with van der Waals surface area (Å²) >= 11 is 0. The van der Waals surface area contributed by atoms with Gasteiger partial charge in [0.15, 0.2) is 11.5 Å². The van der Waals surface area contributed by atoms with Crippen molar-refractivity contribution in [2.75, 3.05) is 19.8 Å². The van der Waals surface area contributed by atoms with Crippen LogP contribution in [-0.2, 0) is 11.2 Å². The lowest BCUT2D eigenvalue weighted by atomic mass is 10.2.